The fourth-order valence-electron chi connectivity index (χ4n) is 2.47. The number of fused-ring (bicyclic) bond motifs is 1. The number of nitrogens with one attached hydrogen (secondary N) is 2. The van der Waals surface area contributed by atoms with E-state index in [1.54, 1.807) is 0 Å². The molecule has 1 saturated heterocycles. The third-order valence-electron chi connectivity index (χ3n) is 3.51. The molecule has 5 nitrogen and oxygen atoms in total. The number of rotatable bonds is 2. The Labute approximate surface area is 112 Å². The van der Waals surface area contributed by atoms with Crippen LogP contribution in [-0.2, 0) is 4.79 Å². The van der Waals surface area contributed by atoms with Crippen LogP contribution >= 0.6 is 0 Å². The Morgan fingerprint density at radius 3 is 2.74 bits per heavy atom. The summed E-state index contributed by atoms with van der Waals surface area (Å²) in [4.78, 5) is 12.2. The minimum absolute atomic E-state index is 0.101. The first-order chi connectivity index (χ1) is 9.24. The van der Waals surface area contributed by atoms with Crippen LogP contribution in [0.5, 0.6) is 11.5 Å². The summed E-state index contributed by atoms with van der Waals surface area (Å²) in [6.07, 6.45) is 0.0874. The second-order valence-electron chi connectivity index (χ2n) is 5.01. The van der Waals surface area contributed by atoms with Gasteiger partial charge in [0.05, 0.1) is 0 Å². The highest BCUT2D eigenvalue weighted by Gasteiger charge is 2.35. The lowest BCUT2D eigenvalue weighted by Gasteiger charge is -2.31. The second kappa shape index (κ2) is 5.09. The van der Waals surface area contributed by atoms with Crippen LogP contribution in [0.15, 0.2) is 24.3 Å². The minimum Gasteiger partial charge on any atom is -0.482 e. The highest BCUT2D eigenvalue weighted by molar-refractivity contribution is 5.82. The van der Waals surface area contributed by atoms with Gasteiger partial charge in [-0.25, -0.2) is 0 Å². The Bertz CT molecular complexity index is 472. The van der Waals surface area contributed by atoms with Crippen molar-refractivity contribution in [3.63, 3.8) is 0 Å². The van der Waals surface area contributed by atoms with Gasteiger partial charge in [0.15, 0.2) is 11.5 Å². The van der Waals surface area contributed by atoms with E-state index in [1.807, 2.05) is 31.2 Å². The van der Waals surface area contributed by atoms with E-state index in [0.29, 0.717) is 11.5 Å². The predicted molar refractivity (Wildman–Crippen MR) is 70.4 cm³/mol. The molecule has 3 atom stereocenters. The van der Waals surface area contributed by atoms with Gasteiger partial charge in [0.2, 0.25) is 6.10 Å². The minimum atomic E-state index is -0.588. The molecule has 2 N–H and O–H groups in total. The third-order valence-corrected chi connectivity index (χ3v) is 3.51. The fourth-order valence-corrected chi connectivity index (χ4v) is 2.47. The first-order valence-corrected chi connectivity index (χ1v) is 6.67. The van der Waals surface area contributed by atoms with Gasteiger partial charge in [-0.3, -0.25) is 4.79 Å². The number of amides is 1. The topological polar surface area (TPSA) is 59.6 Å². The van der Waals surface area contributed by atoms with E-state index >= 15 is 0 Å². The van der Waals surface area contributed by atoms with Crippen molar-refractivity contribution in [2.75, 3.05) is 13.1 Å². The summed E-state index contributed by atoms with van der Waals surface area (Å²) in [6.45, 7) is 3.63. The van der Waals surface area contributed by atoms with Crippen LogP contribution in [0.1, 0.15) is 13.3 Å². The summed E-state index contributed by atoms with van der Waals surface area (Å²) in [5, 5.41) is 6.22. The molecule has 102 valence electrons. The molecule has 0 radical (unpaired) electrons. The van der Waals surface area contributed by atoms with Crippen LogP contribution < -0.4 is 20.1 Å². The SMILES string of the molecule is CC1Oc2ccccc2OC1C(=O)NC1CCNC1. The molecule has 1 amide bonds. The molecule has 0 bridgehead atoms. The van der Waals surface area contributed by atoms with E-state index in [-0.39, 0.29) is 18.1 Å². The van der Waals surface area contributed by atoms with E-state index in [1.165, 1.54) is 0 Å². The molecule has 1 aromatic carbocycles. The molecule has 0 aromatic heterocycles. The lowest BCUT2D eigenvalue weighted by Crippen LogP contribution is -2.51. The van der Waals surface area contributed by atoms with Crippen molar-refractivity contribution in [3.8, 4) is 11.5 Å². The molecule has 1 fully saturated rings. The van der Waals surface area contributed by atoms with Crippen molar-refractivity contribution >= 4 is 5.91 Å². The van der Waals surface area contributed by atoms with E-state index < -0.39 is 6.10 Å². The Hall–Kier alpha value is -1.75. The van der Waals surface area contributed by atoms with Gasteiger partial charge in [-0.2, -0.15) is 0 Å². The normalized spacial score (nSPS) is 29.0. The van der Waals surface area contributed by atoms with Crippen LogP contribution in [0.2, 0.25) is 0 Å². The Balaban J connectivity index is 1.69. The molecule has 3 rings (SSSR count). The van der Waals surface area contributed by atoms with Gasteiger partial charge < -0.3 is 20.1 Å². The quantitative estimate of drug-likeness (QED) is 0.823. The summed E-state index contributed by atoms with van der Waals surface area (Å²) in [5.74, 6) is 1.22. The van der Waals surface area contributed by atoms with Crippen molar-refractivity contribution in [1.29, 1.82) is 0 Å². The molecule has 5 heteroatoms. The summed E-state index contributed by atoms with van der Waals surface area (Å²) < 4.78 is 11.5. The van der Waals surface area contributed by atoms with Crippen molar-refractivity contribution in [3.05, 3.63) is 24.3 Å². The molecular weight excluding hydrogens is 244 g/mol. The Morgan fingerprint density at radius 1 is 1.32 bits per heavy atom. The summed E-state index contributed by atoms with van der Waals surface area (Å²) >= 11 is 0. The monoisotopic (exact) mass is 262 g/mol. The molecule has 0 spiro atoms. The Morgan fingerprint density at radius 2 is 2.05 bits per heavy atom. The number of para-hydroxylation sites is 2. The maximum atomic E-state index is 12.2. The molecule has 19 heavy (non-hydrogen) atoms. The third kappa shape index (κ3) is 2.51. The molecule has 2 aliphatic heterocycles. The largest absolute Gasteiger partial charge is 0.482 e. The molecule has 2 aliphatic rings. The van der Waals surface area contributed by atoms with Crippen molar-refractivity contribution in [1.82, 2.24) is 10.6 Å². The number of ether oxygens (including phenoxy) is 2. The van der Waals surface area contributed by atoms with Crippen LogP contribution in [0, 0.1) is 0 Å². The van der Waals surface area contributed by atoms with E-state index in [2.05, 4.69) is 10.6 Å². The van der Waals surface area contributed by atoms with E-state index in [4.69, 9.17) is 9.47 Å². The molecular formula is C14H18N2O3. The average molecular weight is 262 g/mol. The molecule has 0 aliphatic carbocycles. The second-order valence-corrected chi connectivity index (χ2v) is 5.01. The molecule has 0 saturated carbocycles. The molecule has 2 heterocycles. The van der Waals surface area contributed by atoms with Crippen LogP contribution in [0.4, 0.5) is 0 Å². The zero-order chi connectivity index (χ0) is 13.2. The number of benzene rings is 1. The van der Waals surface area contributed by atoms with Crippen LogP contribution in [0.3, 0.4) is 0 Å². The smallest absolute Gasteiger partial charge is 0.265 e. The zero-order valence-corrected chi connectivity index (χ0v) is 10.9. The van der Waals surface area contributed by atoms with Gasteiger partial charge in [0.1, 0.15) is 6.10 Å². The number of carbonyl (C=O) groups excluding carboxylic acids is 1. The van der Waals surface area contributed by atoms with E-state index in [0.717, 1.165) is 19.5 Å². The molecule has 1 aromatic rings. The van der Waals surface area contributed by atoms with Gasteiger partial charge in [0, 0.05) is 12.6 Å². The van der Waals surface area contributed by atoms with E-state index in [9.17, 15) is 4.79 Å². The number of hydrogen-bond donors (Lipinski definition) is 2. The molecule has 3 unspecified atom stereocenters. The van der Waals surface area contributed by atoms with Gasteiger partial charge in [-0.15, -0.1) is 0 Å². The summed E-state index contributed by atoms with van der Waals surface area (Å²) in [5.41, 5.74) is 0. The fraction of sp³-hybridized carbons (Fsp3) is 0.500. The number of carbonyl (C=O) groups is 1. The van der Waals surface area contributed by atoms with Crippen molar-refractivity contribution in [2.45, 2.75) is 31.6 Å². The average Bonchev–Trinajstić information content (AvgIpc) is 2.90. The standard InChI is InChI=1S/C14H18N2O3/c1-9-13(14(17)16-10-6-7-15-8-10)19-12-5-3-2-4-11(12)18-9/h2-5,9-10,13,15H,6-8H2,1H3,(H,16,17). The lowest BCUT2D eigenvalue weighted by molar-refractivity contribution is -0.134. The Kier molecular flexibility index (Phi) is 3.29. The van der Waals surface area contributed by atoms with Gasteiger partial charge in [-0.1, -0.05) is 12.1 Å². The zero-order valence-electron chi connectivity index (χ0n) is 10.9. The van der Waals surface area contributed by atoms with Crippen molar-refractivity contribution < 1.29 is 14.3 Å². The first-order valence-electron chi connectivity index (χ1n) is 6.67. The highest BCUT2D eigenvalue weighted by atomic mass is 16.6. The maximum absolute atomic E-state index is 12.2. The maximum Gasteiger partial charge on any atom is 0.265 e. The van der Waals surface area contributed by atoms with Crippen LogP contribution in [-0.4, -0.2) is 37.2 Å². The predicted octanol–water partition coefficient (Wildman–Crippen LogP) is 0.693. The van der Waals surface area contributed by atoms with Gasteiger partial charge in [0.25, 0.3) is 5.91 Å². The summed E-state index contributed by atoms with van der Waals surface area (Å²) in [7, 11) is 0. The highest BCUT2D eigenvalue weighted by Crippen LogP contribution is 2.33. The first kappa shape index (κ1) is 12.3. The van der Waals surface area contributed by atoms with Crippen LogP contribution in [0.25, 0.3) is 0 Å². The van der Waals surface area contributed by atoms with Crippen molar-refractivity contribution in [2.24, 2.45) is 0 Å². The van der Waals surface area contributed by atoms with Gasteiger partial charge >= 0.3 is 0 Å². The summed E-state index contributed by atoms with van der Waals surface area (Å²) in [6, 6.07) is 7.62. The number of hydrogen-bond acceptors (Lipinski definition) is 4. The van der Waals surface area contributed by atoms with Gasteiger partial charge in [-0.05, 0) is 32.0 Å². The lowest BCUT2D eigenvalue weighted by atomic mass is 10.1.